The molecule has 0 spiro atoms. The fourth-order valence-corrected chi connectivity index (χ4v) is 4.98. The van der Waals surface area contributed by atoms with Crippen molar-refractivity contribution in [2.45, 2.75) is 26.2 Å². The minimum atomic E-state index is 0.129. The van der Waals surface area contributed by atoms with Crippen LogP contribution in [0, 0.1) is 11.8 Å². The van der Waals surface area contributed by atoms with Crippen molar-refractivity contribution in [3.63, 3.8) is 0 Å². The van der Waals surface area contributed by atoms with Gasteiger partial charge in [-0.25, -0.2) is 0 Å². The molecule has 3 rings (SSSR count). The van der Waals surface area contributed by atoms with Crippen LogP contribution in [0.4, 0.5) is 0 Å². The molecule has 0 aromatic carbocycles. The highest BCUT2D eigenvalue weighted by molar-refractivity contribution is 7.10. The monoisotopic (exact) mass is 379 g/mol. The van der Waals surface area contributed by atoms with Gasteiger partial charge < -0.3 is 19.8 Å². The maximum Gasteiger partial charge on any atom is 0.254 e. The molecule has 146 valence electrons. The minimum absolute atomic E-state index is 0.129. The zero-order valence-electron chi connectivity index (χ0n) is 16.4. The summed E-state index contributed by atoms with van der Waals surface area (Å²) in [6.07, 6.45) is 1.20. The van der Waals surface area contributed by atoms with E-state index >= 15 is 0 Å². The van der Waals surface area contributed by atoms with Gasteiger partial charge in [0, 0.05) is 55.5 Å². The van der Waals surface area contributed by atoms with E-state index in [-0.39, 0.29) is 18.4 Å². The molecule has 6 heteroatoms. The molecule has 0 saturated carbocycles. The van der Waals surface area contributed by atoms with Crippen LogP contribution in [-0.4, -0.2) is 85.2 Å². The SMILES string of the molecule is CC(C)c1cc(C(=O)N2C[C@@H](CN3CCCN(C)CC3)[C@@H](CO)C2)cs1. The van der Waals surface area contributed by atoms with E-state index in [1.54, 1.807) is 11.3 Å². The maximum absolute atomic E-state index is 12.9. The molecule has 1 aromatic rings. The molecule has 2 aliphatic rings. The molecule has 0 aliphatic carbocycles. The Balaban J connectivity index is 1.61. The summed E-state index contributed by atoms with van der Waals surface area (Å²) in [5.74, 6) is 1.16. The van der Waals surface area contributed by atoms with Gasteiger partial charge in [-0.15, -0.1) is 11.3 Å². The number of aliphatic hydroxyl groups is 1. The molecule has 1 amide bonds. The number of carbonyl (C=O) groups is 1. The van der Waals surface area contributed by atoms with Crippen LogP contribution in [0.15, 0.2) is 11.4 Å². The number of likely N-dealkylation sites (N-methyl/N-ethyl adjacent to an activating group) is 1. The van der Waals surface area contributed by atoms with E-state index < -0.39 is 0 Å². The zero-order valence-corrected chi connectivity index (χ0v) is 17.2. The van der Waals surface area contributed by atoms with Crippen molar-refractivity contribution >= 4 is 17.2 Å². The smallest absolute Gasteiger partial charge is 0.254 e. The molecule has 2 atom stereocenters. The Kier molecular flexibility index (Phi) is 6.72. The average Bonchev–Trinajstić information content (AvgIpc) is 3.21. The van der Waals surface area contributed by atoms with Crippen molar-refractivity contribution < 1.29 is 9.90 Å². The van der Waals surface area contributed by atoms with Crippen LogP contribution in [0.1, 0.15) is 41.4 Å². The van der Waals surface area contributed by atoms with Crippen molar-refractivity contribution in [2.24, 2.45) is 11.8 Å². The van der Waals surface area contributed by atoms with Crippen molar-refractivity contribution in [3.05, 3.63) is 21.9 Å². The third-order valence-corrected chi connectivity index (χ3v) is 7.07. The van der Waals surface area contributed by atoms with E-state index in [9.17, 15) is 9.90 Å². The fraction of sp³-hybridized carbons (Fsp3) is 0.750. The fourth-order valence-electron chi connectivity index (χ4n) is 4.08. The molecular weight excluding hydrogens is 346 g/mol. The molecule has 1 N–H and O–H groups in total. The van der Waals surface area contributed by atoms with Crippen LogP contribution in [0.2, 0.25) is 0 Å². The van der Waals surface area contributed by atoms with Crippen molar-refractivity contribution in [2.75, 3.05) is 59.5 Å². The average molecular weight is 380 g/mol. The Hall–Kier alpha value is -0.950. The number of thiophene rings is 1. The molecule has 2 saturated heterocycles. The van der Waals surface area contributed by atoms with Crippen molar-refractivity contribution in [3.8, 4) is 0 Å². The van der Waals surface area contributed by atoms with Crippen LogP contribution >= 0.6 is 11.3 Å². The quantitative estimate of drug-likeness (QED) is 0.852. The number of carbonyl (C=O) groups excluding carboxylic acids is 1. The molecule has 5 nitrogen and oxygen atoms in total. The standard InChI is InChI=1S/C20H33N3O2S/c1-15(2)19-9-16(14-26-19)20(25)23-11-17(18(12-23)13-24)10-22-6-4-5-21(3)7-8-22/h9,14-15,17-18,24H,4-8,10-13H2,1-3H3/t17-,18-/m1/s1. The molecule has 2 aliphatic heterocycles. The lowest BCUT2D eigenvalue weighted by molar-refractivity contribution is 0.0779. The third-order valence-electron chi connectivity index (χ3n) is 5.84. The highest BCUT2D eigenvalue weighted by Crippen LogP contribution is 2.29. The van der Waals surface area contributed by atoms with Gasteiger partial charge in [-0.2, -0.15) is 0 Å². The third kappa shape index (κ3) is 4.66. The van der Waals surface area contributed by atoms with E-state index in [1.807, 2.05) is 16.3 Å². The number of likely N-dealkylation sites (tertiary alicyclic amines) is 1. The van der Waals surface area contributed by atoms with Gasteiger partial charge in [0.15, 0.2) is 0 Å². The second-order valence-electron chi connectivity index (χ2n) is 8.26. The van der Waals surface area contributed by atoms with Gasteiger partial charge in [-0.3, -0.25) is 4.79 Å². The molecule has 0 unspecified atom stereocenters. The van der Waals surface area contributed by atoms with E-state index in [1.165, 1.54) is 11.3 Å². The maximum atomic E-state index is 12.9. The second-order valence-corrected chi connectivity index (χ2v) is 9.21. The largest absolute Gasteiger partial charge is 0.396 e. The van der Waals surface area contributed by atoms with Gasteiger partial charge in [-0.05, 0) is 44.5 Å². The van der Waals surface area contributed by atoms with Crippen molar-refractivity contribution in [1.82, 2.24) is 14.7 Å². The second kappa shape index (κ2) is 8.83. The summed E-state index contributed by atoms with van der Waals surface area (Å²) in [7, 11) is 2.18. The van der Waals surface area contributed by atoms with Gasteiger partial charge in [0.2, 0.25) is 0 Å². The molecule has 0 radical (unpaired) electrons. The lowest BCUT2D eigenvalue weighted by Gasteiger charge is -2.26. The Morgan fingerprint density at radius 1 is 1.23 bits per heavy atom. The van der Waals surface area contributed by atoms with E-state index in [2.05, 4.69) is 30.7 Å². The topological polar surface area (TPSA) is 47.0 Å². The Morgan fingerprint density at radius 2 is 2.00 bits per heavy atom. The predicted molar refractivity (Wildman–Crippen MR) is 107 cm³/mol. The van der Waals surface area contributed by atoms with Crippen LogP contribution < -0.4 is 0 Å². The number of hydrogen-bond acceptors (Lipinski definition) is 5. The number of hydrogen-bond donors (Lipinski definition) is 1. The van der Waals surface area contributed by atoms with Gasteiger partial charge in [-0.1, -0.05) is 13.8 Å². The zero-order chi connectivity index (χ0) is 18.7. The normalized spacial score (nSPS) is 25.8. The summed E-state index contributed by atoms with van der Waals surface area (Å²) < 4.78 is 0. The number of rotatable bonds is 5. The molecule has 0 bridgehead atoms. The Morgan fingerprint density at radius 3 is 2.69 bits per heavy atom. The molecule has 1 aromatic heterocycles. The lowest BCUT2D eigenvalue weighted by Crippen LogP contribution is -2.36. The van der Waals surface area contributed by atoms with Gasteiger partial charge >= 0.3 is 0 Å². The summed E-state index contributed by atoms with van der Waals surface area (Å²) in [4.78, 5) is 21.0. The van der Waals surface area contributed by atoms with E-state index in [0.717, 1.165) is 44.8 Å². The van der Waals surface area contributed by atoms with Gasteiger partial charge in [0.05, 0.1) is 5.56 Å². The first-order chi connectivity index (χ1) is 12.5. The summed E-state index contributed by atoms with van der Waals surface area (Å²) in [6.45, 7) is 11.4. The summed E-state index contributed by atoms with van der Waals surface area (Å²) in [5, 5.41) is 11.8. The van der Waals surface area contributed by atoms with E-state index in [0.29, 0.717) is 18.4 Å². The van der Waals surface area contributed by atoms with E-state index in [4.69, 9.17) is 0 Å². The lowest BCUT2D eigenvalue weighted by atomic mass is 9.96. The highest BCUT2D eigenvalue weighted by atomic mass is 32.1. The number of amides is 1. The van der Waals surface area contributed by atoms with Gasteiger partial charge in [0.1, 0.15) is 0 Å². The van der Waals surface area contributed by atoms with Crippen molar-refractivity contribution in [1.29, 1.82) is 0 Å². The first-order valence-corrected chi connectivity index (χ1v) is 10.7. The summed E-state index contributed by atoms with van der Waals surface area (Å²) in [5.41, 5.74) is 0.812. The molecular formula is C20H33N3O2S. The van der Waals surface area contributed by atoms with Crippen LogP contribution in [0.3, 0.4) is 0 Å². The predicted octanol–water partition coefficient (Wildman–Crippen LogP) is 2.19. The number of aliphatic hydroxyl groups excluding tert-OH is 1. The molecule has 26 heavy (non-hydrogen) atoms. The van der Waals surface area contributed by atoms with Crippen LogP contribution in [-0.2, 0) is 0 Å². The van der Waals surface area contributed by atoms with Crippen LogP contribution in [0.5, 0.6) is 0 Å². The Bertz CT molecular complexity index is 604. The van der Waals surface area contributed by atoms with Crippen LogP contribution in [0.25, 0.3) is 0 Å². The highest BCUT2D eigenvalue weighted by Gasteiger charge is 2.36. The molecule has 2 fully saturated rings. The summed E-state index contributed by atoms with van der Waals surface area (Å²) in [6, 6.07) is 2.05. The Labute approximate surface area is 161 Å². The summed E-state index contributed by atoms with van der Waals surface area (Å²) >= 11 is 1.67. The van der Waals surface area contributed by atoms with Gasteiger partial charge in [0.25, 0.3) is 5.91 Å². The first kappa shape index (κ1) is 19.8. The first-order valence-electron chi connectivity index (χ1n) is 9.87. The number of nitrogens with zero attached hydrogens (tertiary/aromatic N) is 3. The molecule has 3 heterocycles. The minimum Gasteiger partial charge on any atom is -0.396 e.